The molecule has 1 amide bonds. The first-order chi connectivity index (χ1) is 17.7. The lowest BCUT2D eigenvalue weighted by atomic mass is 9.49. The van der Waals surface area contributed by atoms with E-state index in [0.29, 0.717) is 40.5 Å². The monoisotopic (exact) mass is 507 g/mol. The average Bonchev–Trinajstić information content (AvgIpc) is 3.21. The molecule has 2 atom stereocenters. The number of carbonyl (C=O) groups excluding carboxylic acids is 1. The van der Waals surface area contributed by atoms with Crippen molar-refractivity contribution in [2.45, 2.75) is 63.0 Å². The number of pyridine rings is 1. The van der Waals surface area contributed by atoms with Crippen molar-refractivity contribution in [2.24, 2.45) is 5.41 Å². The van der Waals surface area contributed by atoms with Gasteiger partial charge in [0.25, 0.3) is 5.91 Å². The van der Waals surface area contributed by atoms with Gasteiger partial charge in [0.15, 0.2) is 0 Å². The Bertz CT molecular complexity index is 1540. The molecule has 3 fully saturated rings. The van der Waals surface area contributed by atoms with Gasteiger partial charge in [-0.3, -0.25) is 4.79 Å². The van der Waals surface area contributed by atoms with E-state index in [0.717, 1.165) is 24.0 Å². The van der Waals surface area contributed by atoms with Crippen LogP contribution in [0.1, 0.15) is 71.3 Å². The number of benzene rings is 1. The van der Waals surface area contributed by atoms with E-state index in [-0.39, 0.29) is 36.0 Å². The first-order valence-corrected chi connectivity index (χ1v) is 12.4. The zero-order valence-corrected chi connectivity index (χ0v) is 20.0. The Morgan fingerprint density at radius 3 is 2.70 bits per heavy atom. The fourth-order valence-corrected chi connectivity index (χ4v) is 5.99. The molecule has 3 aromatic heterocycles. The maximum atomic E-state index is 13.4. The molecule has 190 valence electrons. The second-order valence-corrected chi connectivity index (χ2v) is 11.0. The lowest BCUT2D eigenvalue weighted by molar-refractivity contribution is -0.196. The number of rotatable bonds is 5. The van der Waals surface area contributed by atoms with Gasteiger partial charge < -0.3 is 9.84 Å². The van der Waals surface area contributed by atoms with Crippen LogP contribution in [-0.4, -0.2) is 37.8 Å². The molecule has 3 heterocycles. The molecule has 37 heavy (non-hydrogen) atoms. The summed E-state index contributed by atoms with van der Waals surface area (Å²) in [4.78, 5) is 17.6. The maximum Gasteiger partial charge on any atom is 0.259 e. The molecule has 3 aliphatic rings. The third kappa shape index (κ3) is 3.81. The van der Waals surface area contributed by atoms with Gasteiger partial charge in [0, 0.05) is 30.3 Å². The third-order valence-corrected chi connectivity index (χ3v) is 8.10. The first-order valence-electron chi connectivity index (χ1n) is 12.4. The summed E-state index contributed by atoms with van der Waals surface area (Å²) < 4.78 is 47.0. The number of amides is 1. The predicted molar refractivity (Wildman–Crippen MR) is 128 cm³/mol. The number of hydrogen-bond acceptors (Lipinski definition) is 5. The number of hydrogen-bond donors (Lipinski definition) is 1. The minimum Gasteiger partial charge on any atom is -0.339 e. The number of alkyl halides is 3. The van der Waals surface area contributed by atoms with Crippen LogP contribution in [0.4, 0.5) is 18.9 Å². The van der Waals surface area contributed by atoms with Crippen LogP contribution >= 0.6 is 0 Å². The van der Waals surface area contributed by atoms with Crippen molar-refractivity contribution in [1.82, 2.24) is 19.8 Å². The van der Waals surface area contributed by atoms with E-state index in [4.69, 9.17) is 4.52 Å². The van der Waals surface area contributed by atoms with Crippen LogP contribution in [0.2, 0.25) is 0 Å². The summed E-state index contributed by atoms with van der Waals surface area (Å²) in [6.07, 6.45) is 4.28. The molecule has 7 rings (SSSR count). The highest BCUT2D eigenvalue weighted by atomic mass is 19.3. The molecular formula is C27H24F3N5O2. The number of aromatic nitrogens is 4. The number of aryl methyl sites for hydroxylation is 1. The average molecular weight is 508 g/mol. The summed E-state index contributed by atoms with van der Waals surface area (Å²) in [5, 5.41) is 11.2. The second kappa shape index (κ2) is 7.66. The summed E-state index contributed by atoms with van der Waals surface area (Å²) in [6.45, 7) is 1.88. The van der Waals surface area contributed by atoms with Crippen molar-refractivity contribution in [3.8, 4) is 11.4 Å². The quantitative estimate of drug-likeness (QED) is 0.355. The first kappa shape index (κ1) is 22.5. The topological polar surface area (TPSA) is 85.3 Å². The number of nitrogens with one attached hydrogen (secondary N) is 1. The fraction of sp³-hybridized carbons (Fsp3) is 0.407. The molecule has 1 spiro atoms. The Labute approximate surface area is 210 Å². The van der Waals surface area contributed by atoms with E-state index in [9.17, 15) is 18.0 Å². The van der Waals surface area contributed by atoms with E-state index >= 15 is 0 Å². The van der Waals surface area contributed by atoms with E-state index in [1.54, 1.807) is 10.6 Å². The molecule has 0 saturated heterocycles. The third-order valence-electron chi connectivity index (χ3n) is 8.10. The number of halogens is 3. The van der Waals surface area contributed by atoms with Crippen molar-refractivity contribution in [2.75, 3.05) is 5.32 Å². The maximum absolute atomic E-state index is 13.4. The van der Waals surface area contributed by atoms with Crippen molar-refractivity contribution < 1.29 is 22.5 Å². The Kier molecular flexibility index (Phi) is 4.66. The fourth-order valence-electron chi connectivity index (χ4n) is 5.99. The Balaban J connectivity index is 1.11. The molecule has 0 aliphatic heterocycles. The number of anilines is 1. The largest absolute Gasteiger partial charge is 0.339 e. The van der Waals surface area contributed by atoms with Crippen molar-refractivity contribution in [3.63, 3.8) is 0 Å². The SMILES string of the molecule is Cc1ccc(-c2noc([C@H]3C[C@@H]3F)n2)cc1NC(=O)c1cnn2ccc(C3CC4(C3)CC(F)(F)C4)cc12. The van der Waals surface area contributed by atoms with Crippen molar-refractivity contribution >= 4 is 17.1 Å². The molecule has 0 radical (unpaired) electrons. The summed E-state index contributed by atoms with van der Waals surface area (Å²) in [5.74, 6) is -2.31. The van der Waals surface area contributed by atoms with Crippen LogP contribution < -0.4 is 5.32 Å². The second-order valence-electron chi connectivity index (χ2n) is 11.0. The zero-order valence-electron chi connectivity index (χ0n) is 20.0. The van der Waals surface area contributed by atoms with E-state index in [1.165, 1.54) is 6.20 Å². The van der Waals surface area contributed by atoms with Gasteiger partial charge in [-0.05, 0) is 66.8 Å². The van der Waals surface area contributed by atoms with Crippen molar-refractivity contribution in [3.05, 3.63) is 65.3 Å². The van der Waals surface area contributed by atoms with Crippen LogP contribution in [0.5, 0.6) is 0 Å². The molecule has 0 unspecified atom stereocenters. The summed E-state index contributed by atoms with van der Waals surface area (Å²) in [5.41, 5.74) is 3.99. The van der Waals surface area contributed by atoms with E-state index in [1.807, 2.05) is 37.4 Å². The molecular weight excluding hydrogens is 483 g/mol. The lowest BCUT2D eigenvalue weighted by Crippen LogP contribution is -2.52. The van der Waals surface area contributed by atoms with Gasteiger partial charge in [0.05, 0.1) is 23.2 Å². The molecule has 1 N–H and O–H groups in total. The number of fused-ring (bicyclic) bond motifs is 1. The number of carbonyl (C=O) groups is 1. The minimum atomic E-state index is -2.51. The van der Waals surface area contributed by atoms with Gasteiger partial charge in [-0.1, -0.05) is 17.3 Å². The smallest absolute Gasteiger partial charge is 0.259 e. The highest BCUT2D eigenvalue weighted by Gasteiger charge is 2.61. The highest BCUT2D eigenvalue weighted by Crippen LogP contribution is 2.66. The van der Waals surface area contributed by atoms with Gasteiger partial charge in [0.1, 0.15) is 6.17 Å². The molecule has 10 heteroatoms. The molecule has 3 saturated carbocycles. The normalized spacial score (nSPS) is 23.6. The molecule has 1 aromatic carbocycles. The van der Waals surface area contributed by atoms with Crippen LogP contribution in [0.25, 0.3) is 16.9 Å². The van der Waals surface area contributed by atoms with E-state index < -0.39 is 12.1 Å². The van der Waals surface area contributed by atoms with Gasteiger partial charge >= 0.3 is 0 Å². The van der Waals surface area contributed by atoms with Crippen LogP contribution in [0.15, 0.2) is 47.2 Å². The van der Waals surface area contributed by atoms with Crippen LogP contribution in [0.3, 0.4) is 0 Å². The van der Waals surface area contributed by atoms with Gasteiger partial charge in [-0.2, -0.15) is 10.1 Å². The Morgan fingerprint density at radius 2 is 1.97 bits per heavy atom. The molecule has 3 aliphatic carbocycles. The van der Waals surface area contributed by atoms with Crippen LogP contribution in [-0.2, 0) is 0 Å². The minimum absolute atomic E-state index is 0.0143. The zero-order chi connectivity index (χ0) is 25.5. The highest BCUT2D eigenvalue weighted by molar-refractivity contribution is 6.09. The van der Waals surface area contributed by atoms with Gasteiger partial charge in [-0.15, -0.1) is 0 Å². The van der Waals surface area contributed by atoms with Crippen LogP contribution in [0, 0.1) is 12.3 Å². The Hall–Kier alpha value is -3.69. The van der Waals surface area contributed by atoms with Crippen molar-refractivity contribution in [1.29, 1.82) is 0 Å². The molecule has 0 bridgehead atoms. The standard InChI is InChI=1S/C27H24F3N5O2/c1-14-2-3-16(23-33-25(37-34-23)18-8-20(18)28)6-21(14)32-24(36)19-11-31-35-5-4-15(7-22(19)35)17-9-26(10-17)12-27(29,30)13-26/h2-7,11,17-18,20H,8-10,12-13H2,1H3,(H,32,36)/t18-,20-/m0/s1. The summed E-state index contributed by atoms with van der Waals surface area (Å²) in [7, 11) is 0. The number of nitrogens with zero attached hydrogens (tertiary/aromatic N) is 4. The molecule has 4 aromatic rings. The summed E-state index contributed by atoms with van der Waals surface area (Å²) >= 11 is 0. The van der Waals surface area contributed by atoms with E-state index in [2.05, 4.69) is 20.6 Å². The predicted octanol–water partition coefficient (Wildman–Crippen LogP) is 6.06. The van der Waals surface area contributed by atoms with Gasteiger partial charge in [0.2, 0.25) is 17.6 Å². The van der Waals surface area contributed by atoms with Gasteiger partial charge in [-0.25, -0.2) is 17.7 Å². The summed E-state index contributed by atoms with van der Waals surface area (Å²) in [6, 6.07) is 9.33. The lowest BCUT2D eigenvalue weighted by Gasteiger charge is -2.57. The molecule has 7 nitrogen and oxygen atoms in total. The Morgan fingerprint density at radius 1 is 1.19 bits per heavy atom.